The van der Waals surface area contributed by atoms with Crippen LogP contribution in [0.25, 0.3) is 0 Å². The summed E-state index contributed by atoms with van der Waals surface area (Å²) in [4.78, 5) is 11.2. The number of carbonyl (C=O) groups is 1. The first-order chi connectivity index (χ1) is 14.1. The molecule has 0 bridgehead atoms. The van der Waals surface area contributed by atoms with E-state index in [2.05, 4.69) is 19.6 Å². The average molecular weight is 447 g/mol. The fourth-order valence-electron chi connectivity index (χ4n) is 2.96. The van der Waals surface area contributed by atoms with Crippen LogP contribution in [0.3, 0.4) is 0 Å². The van der Waals surface area contributed by atoms with Crippen LogP contribution in [0, 0.1) is 0 Å². The molecular formula is C21H26N2O5SSi. The van der Waals surface area contributed by atoms with Crippen LogP contribution in [-0.4, -0.2) is 38.7 Å². The predicted molar refractivity (Wildman–Crippen MR) is 120 cm³/mol. The molecular weight excluding hydrogens is 420 g/mol. The lowest BCUT2D eigenvalue weighted by Gasteiger charge is -2.25. The van der Waals surface area contributed by atoms with Gasteiger partial charge in [0.15, 0.2) is 0 Å². The third-order valence-electron chi connectivity index (χ3n) is 4.67. The molecule has 0 radical (unpaired) electrons. The minimum atomic E-state index is -4.00. The molecule has 30 heavy (non-hydrogen) atoms. The van der Waals surface area contributed by atoms with Gasteiger partial charge in [0.25, 0.3) is 0 Å². The molecule has 160 valence electrons. The van der Waals surface area contributed by atoms with E-state index in [0.29, 0.717) is 17.9 Å². The number of aliphatic hydroxyl groups excluding tert-OH is 1. The van der Waals surface area contributed by atoms with E-state index < -0.39 is 18.3 Å². The second kappa shape index (κ2) is 8.53. The van der Waals surface area contributed by atoms with Crippen LogP contribution in [0.1, 0.15) is 15.9 Å². The monoisotopic (exact) mass is 446 g/mol. The SMILES string of the molecule is C[Si](C)(C)CCN1C(O)=CN(c2ccc(C=O)cc2OCc2ccccc2)S1(=O)=O. The third-order valence-corrected chi connectivity index (χ3v) is 8.12. The minimum Gasteiger partial charge on any atom is -0.493 e. The summed E-state index contributed by atoms with van der Waals surface area (Å²) in [5, 5.41) is 10.3. The highest BCUT2D eigenvalue weighted by atomic mass is 32.2. The molecule has 0 fully saturated rings. The second-order valence-corrected chi connectivity index (χ2v) is 15.6. The maximum Gasteiger partial charge on any atom is 0.332 e. The van der Waals surface area contributed by atoms with Crippen LogP contribution in [0.4, 0.5) is 5.69 Å². The number of rotatable bonds is 8. The van der Waals surface area contributed by atoms with E-state index in [1.165, 1.54) is 24.4 Å². The van der Waals surface area contributed by atoms with Gasteiger partial charge >= 0.3 is 10.2 Å². The summed E-state index contributed by atoms with van der Waals surface area (Å²) in [5.41, 5.74) is 1.50. The molecule has 0 unspecified atom stereocenters. The molecule has 1 aliphatic rings. The highest BCUT2D eigenvalue weighted by Gasteiger charge is 2.39. The fraction of sp³-hybridized carbons (Fsp3) is 0.286. The van der Waals surface area contributed by atoms with Gasteiger partial charge in [0, 0.05) is 20.2 Å². The number of ether oxygens (including phenoxy) is 1. The summed E-state index contributed by atoms with van der Waals surface area (Å²) in [6.07, 6.45) is 1.84. The number of aldehydes is 1. The zero-order chi connectivity index (χ0) is 21.9. The Morgan fingerprint density at radius 3 is 2.43 bits per heavy atom. The molecule has 0 atom stereocenters. The van der Waals surface area contributed by atoms with Crippen LogP contribution >= 0.6 is 0 Å². The Hall–Kier alpha value is -2.78. The van der Waals surface area contributed by atoms with Gasteiger partial charge in [0.2, 0.25) is 5.88 Å². The Kier molecular flexibility index (Phi) is 6.23. The maximum atomic E-state index is 13.1. The first-order valence-corrected chi connectivity index (χ1v) is 14.7. The molecule has 1 N–H and O–H groups in total. The molecule has 2 aromatic rings. The molecule has 2 aromatic carbocycles. The van der Waals surface area contributed by atoms with Crippen molar-refractivity contribution >= 4 is 30.3 Å². The van der Waals surface area contributed by atoms with Gasteiger partial charge in [-0.1, -0.05) is 50.0 Å². The van der Waals surface area contributed by atoms with E-state index in [0.717, 1.165) is 14.2 Å². The summed E-state index contributed by atoms with van der Waals surface area (Å²) in [6.45, 7) is 6.84. The van der Waals surface area contributed by atoms with Crippen LogP contribution in [-0.2, 0) is 16.8 Å². The number of carbonyl (C=O) groups excluding carboxylic acids is 1. The summed E-state index contributed by atoms with van der Waals surface area (Å²) >= 11 is 0. The number of hydrogen-bond donors (Lipinski definition) is 1. The number of benzene rings is 2. The number of anilines is 1. The highest BCUT2D eigenvalue weighted by molar-refractivity contribution is 7.91. The third kappa shape index (κ3) is 4.85. The van der Waals surface area contributed by atoms with Gasteiger partial charge < -0.3 is 9.84 Å². The van der Waals surface area contributed by atoms with E-state index in [-0.39, 0.29) is 30.5 Å². The van der Waals surface area contributed by atoms with Crippen molar-refractivity contribution < 1.29 is 23.1 Å². The van der Waals surface area contributed by atoms with Gasteiger partial charge in [-0.3, -0.25) is 4.79 Å². The van der Waals surface area contributed by atoms with Gasteiger partial charge in [0.05, 0.1) is 6.20 Å². The first kappa shape index (κ1) is 21.9. The number of nitrogens with zero attached hydrogens (tertiary/aromatic N) is 2. The van der Waals surface area contributed by atoms with Crippen molar-refractivity contribution in [3.63, 3.8) is 0 Å². The Labute approximate surface area is 178 Å². The van der Waals surface area contributed by atoms with Gasteiger partial charge in [-0.15, -0.1) is 0 Å². The van der Waals surface area contributed by atoms with Crippen LogP contribution in [0.5, 0.6) is 5.75 Å². The molecule has 9 heteroatoms. The van der Waals surface area contributed by atoms with Gasteiger partial charge in [-0.2, -0.15) is 8.42 Å². The fourth-order valence-corrected chi connectivity index (χ4v) is 5.46. The van der Waals surface area contributed by atoms with Gasteiger partial charge in [-0.25, -0.2) is 8.61 Å². The minimum absolute atomic E-state index is 0.207. The summed E-state index contributed by atoms with van der Waals surface area (Å²) in [6, 6.07) is 14.7. The Bertz CT molecular complexity index is 1050. The number of hydrogen-bond acceptors (Lipinski definition) is 5. The van der Waals surface area contributed by atoms with Crippen LogP contribution < -0.4 is 9.04 Å². The van der Waals surface area contributed by atoms with Crippen LogP contribution in [0.15, 0.2) is 60.6 Å². The molecule has 0 aliphatic carbocycles. The smallest absolute Gasteiger partial charge is 0.332 e. The Morgan fingerprint density at radius 2 is 1.80 bits per heavy atom. The molecule has 0 spiro atoms. The van der Waals surface area contributed by atoms with Crippen molar-refractivity contribution in [2.75, 3.05) is 10.8 Å². The quantitative estimate of drug-likeness (QED) is 0.486. The van der Waals surface area contributed by atoms with E-state index in [4.69, 9.17) is 4.74 Å². The Balaban J connectivity index is 1.91. The van der Waals surface area contributed by atoms with Crippen molar-refractivity contribution in [2.24, 2.45) is 0 Å². The maximum absolute atomic E-state index is 13.1. The van der Waals surface area contributed by atoms with E-state index in [1.54, 1.807) is 0 Å². The largest absolute Gasteiger partial charge is 0.493 e. The molecule has 7 nitrogen and oxygen atoms in total. The van der Waals surface area contributed by atoms with E-state index >= 15 is 0 Å². The molecule has 0 saturated heterocycles. The molecule has 0 amide bonds. The molecule has 1 heterocycles. The standard InChI is InChI=1S/C21H26N2O5SSi/c1-30(2,3)12-11-22-21(25)14-23(29(22,26)27)19-10-9-18(15-24)13-20(19)28-16-17-7-5-4-6-8-17/h4-10,13-15,25H,11-12,16H2,1-3H3. The zero-order valence-electron chi connectivity index (χ0n) is 17.3. The van der Waals surface area contributed by atoms with Crippen molar-refractivity contribution in [2.45, 2.75) is 32.3 Å². The molecule has 3 rings (SSSR count). The predicted octanol–water partition coefficient (Wildman–Crippen LogP) is 4.14. The van der Waals surface area contributed by atoms with Crippen molar-refractivity contribution in [1.82, 2.24) is 4.31 Å². The van der Waals surface area contributed by atoms with Gasteiger partial charge in [-0.05, 0) is 29.8 Å². The van der Waals surface area contributed by atoms with E-state index in [1.807, 2.05) is 30.3 Å². The first-order valence-electron chi connectivity index (χ1n) is 9.61. The lowest BCUT2D eigenvalue weighted by molar-refractivity contribution is 0.112. The summed E-state index contributed by atoms with van der Waals surface area (Å²) in [7, 11) is -5.52. The van der Waals surface area contributed by atoms with Crippen molar-refractivity contribution in [1.29, 1.82) is 0 Å². The van der Waals surface area contributed by atoms with E-state index in [9.17, 15) is 18.3 Å². The van der Waals surface area contributed by atoms with Crippen molar-refractivity contribution in [3.8, 4) is 5.75 Å². The van der Waals surface area contributed by atoms with Crippen LogP contribution in [0.2, 0.25) is 25.7 Å². The van der Waals surface area contributed by atoms with Crippen molar-refractivity contribution in [3.05, 3.63) is 71.7 Å². The topological polar surface area (TPSA) is 87.2 Å². The molecule has 1 aliphatic heterocycles. The normalized spacial score (nSPS) is 15.8. The van der Waals surface area contributed by atoms with Gasteiger partial charge in [0.1, 0.15) is 24.3 Å². The summed E-state index contributed by atoms with van der Waals surface area (Å²) in [5.74, 6) is -0.0927. The average Bonchev–Trinajstić information content (AvgIpc) is 2.92. The second-order valence-electron chi connectivity index (χ2n) is 8.29. The molecule has 0 saturated carbocycles. The lowest BCUT2D eigenvalue weighted by Crippen LogP contribution is -2.37. The molecule has 0 aromatic heterocycles. The summed E-state index contributed by atoms with van der Waals surface area (Å²) < 4.78 is 34.1. The highest BCUT2D eigenvalue weighted by Crippen LogP contribution is 2.37. The lowest BCUT2D eigenvalue weighted by atomic mass is 10.2. The number of aliphatic hydroxyl groups is 1. The Morgan fingerprint density at radius 1 is 1.10 bits per heavy atom. The zero-order valence-corrected chi connectivity index (χ0v) is 19.1.